The van der Waals surface area contributed by atoms with Gasteiger partial charge in [0.25, 0.3) is 0 Å². The van der Waals surface area contributed by atoms with E-state index in [1.54, 1.807) is 7.11 Å². The van der Waals surface area contributed by atoms with E-state index in [9.17, 15) is 0 Å². The molecular formula is C23H27N3O2. The Bertz CT molecular complexity index is 904. The van der Waals surface area contributed by atoms with Gasteiger partial charge >= 0.3 is 0 Å². The molecule has 1 aliphatic rings. The molecule has 3 aromatic rings. The largest absolute Gasteiger partial charge is 0.497 e. The maximum Gasteiger partial charge on any atom is 0.154 e. The minimum absolute atomic E-state index is 0.240. The van der Waals surface area contributed by atoms with E-state index in [2.05, 4.69) is 28.3 Å². The standard InChI is InChI=1S/C23H27N3O2/c1-17-7-6-8-19(24-17)16-26-14-5-3-4-9-22(26)23-15-21(25-28-23)18-10-12-20(27-2)13-11-18/h6-8,10-13,15,22H,3-5,9,14,16H2,1-2H3. The summed E-state index contributed by atoms with van der Waals surface area (Å²) in [5.41, 5.74) is 4.08. The molecule has 4 rings (SSSR count). The number of hydrogen-bond donors (Lipinski definition) is 0. The molecule has 0 aliphatic carbocycles. The van der Waals surface area contributed by atoms with Crippen molar-refractivity contribution < 1.29 is 9.26 Å². The van der Waals surface area contributed by atoms with Crippen molar-refractivity contribution in [1.82, 2.24) is 15.0 Å². The molecule has 1 fully saturated rings. The molecule has 0 spiro atoms. The Kier molecular flexibility index (Phi) is 5.72. The summed E-state index contributed by atoms with van der Waals surface area (Å²) in [4.78, 5) is 7.19. The van der Waals surface area contributed by atoms with E-state index in [-0.39, 0.29) is 6.04 Å². The topological polar surface area (TPSA) is 51.4 Å². The molecule has 146 valence electrons. The zero-order valence-corrected chi connectivity index (χ0v) is 16.6. The second kappa shape index (κ2) is 8.57. The van der Waals surface area contributed by atoms with Crippen molar-refractivity contribution in [2.75, 3.05) is 13.7 Å². The molecule has 0 bridgehead atoms. The molecule has 3 heterocycles. The van der Waals surface area contributed by atoms with Gasteiger partial charge in [-0.15, -0.1) is 0 Å². The molecular weight excluding hydrogens is 350 g/mol. The zero-order chi connectivity index (χ0) is 19.3. The summed E-state index contributed by atoms with van der Waals surface area (Å²) >= 11 is 0. The van der Waals surface area contributed by atoms with Gasteiger partial charge in [0.1, 0.15) is 11.4 Å². The zero-order valence-electron chi connectivity index (χ0n) is 16.6. The lowest BCUT2D eigenvalue weighted by Gasteiger charge is -2.27. The van der Waals surface area contributed by atoms with Gasteiger partial charge in [-0.3, -0.25) is 9.88 Å². The first-order chi connectivity index (χ1) is 13.7. The van der Waals surface area contributed by atoms with Gasteiger partial charge in [-0.2, -0.15) is 0 Å². The summed E-state index contributed by atoms with van der Waals surface area (Å²) in [5, 5.41) is 4.35. The van der Waals surface area contributed by atoms with Crippen LogP contribution in [0.4, 0.5) is 0 Å². The number of pyridine rings is 1. The fourth-order valence-electron chi connectivity index (χ4n) is 3.92. The number of methoxy groups -OCH3 is 1. The van der Waals surface area contributed by atoms with Crippen molar-refractivity contribution in [2.45, 2.75) is 45.2 Å². The van der Waals surface area contributed by atoms with Gasteiger partial charge in [0.2, 0.25) is 0 Å². The number of aryl methyl sites for hydroxylation is 1. The lowest BCUT2D eigenvalue weighted by molar-refractivity contribution is 0.158. The Labute approximate surface area is 166 Å². The quantitative estimate of drug-likeness (QED) is 0.614. The average molecular weight is 377 g/mol. The highest BCUT2D eigenvalue weighted by Crippen LogP contribution is 2.33. The van der Waals surface area contributed by atoms with Crippen LogP contribution in [0, 0.1) is 6.92 Å². The molecule has 1 unspecified atom stereocenters. The van der Waals surface area contributed by atoms with Crippen molar-refractivity contribution in [1.29, 1.82) is 0 Å². The Morgan fingerprint density at radius 3 is 2.75 bits per heavy atom. The summed E-state index contributed by atoms with van der Waals surface area (Å²) < 4.78 is 11.1. The average Bonchev–Trinajstić information content (AvgIpc) is 3.09. The van der Waals surface area contributed by atoms with Crippen molar-refractivity contribution >= 4 is 0 Å². The summed E-state index contributed by atoms with van der Waals surface area (Å²) in [6.45, 7) is 3.94. The lowest BCUT2D eigenvalue weighted by Crippen LogP contribution is -2.28. The number of ether oxygens (including phenoxy) is 1. The van der Waals surface area contributed by atoms with Crippen LogP contribution in [0.3, 0.4) is 0 Å². The van der Waals surface area contributed by atoms with Crippen molar-refractivity contribution in [2.24, 2.45) is 0 Å². The van der Waals surface area contributed by atoms with E-state index in [0.717, 1.165) is 53.7 Å². The van der Waals surface area contributed by atoms with Gasteiger partial charge in [0.05, 0.1) is 18.8 Å². The third-order valence-corrected chi connectivity index (χ3v) is 5.42. The van der Waals surface area contributed by atoms with Crippen LogP contribution in [0.25, 0.3) is 11.3 Å². The second-order valence-electron chi connectivity index (χ2n) is 7.45. The Morgan fingerprint density at radius 2 is 1.96 bits per heavy atom. The number of rotatable bonds is 5. The van der Waals surface area contributed by atoms with E-state index >= 15 is 0 Å². The highest BCUT2D eigenvalue weighted by atomic mass is 16.5. The molecule has 0 saturated carbocycles. The minimum atomic E-state index is 0.240. The predicted molar refractivity (Wildman–Crippen MR) is 109 cm³/mol. The first kappa shape index (κ1) is 18.7. The van der Waals surface area contributed by atoms with Crippen LogP contribution < -0.4 is 4.74 Å². The highest BCUT2D eigenvalue weighted by Gasteiger charge is 2.26. The van der Waals surface area contributed by atoms with Crippen molar-refractivity contribution in [3.05, 3.63) is 65.7 Å². The normalized spacial score (nSPS) is 18.0. The number of likely N-dealkylation sites (tertiary alicyclic amines) is 1. The Hall–Kier alpha value is -2.66. The van der Waals surface area contributed by atoms with Crippen LogP contribution in [-0.4, -0.2) is 28.7 Å². The van der Waals surface area contributed by atoms with Gasteiger partial charge in [0, 0.05) is 23.9 Å². The van der Waals surface area contributed by atoms with E-state index in [1.165, 1.54) is 19.3 Å². The SMILES string of the molecule is COc1ccc(-c2cc(C3CCCCCN3Cc3cccc(C)n3)on2)cc1. The van der Waals surface area contributed by atoms with Gasteiger partial charge in [0.15, 0.2) is 5.76 Å². The maximum atomic E-state index is 5.82. The maximum absolute atomic E-state index is 5.82. The van der Waals surface area contributed by atoms with Crippen LogP contribution in [-0.2, 0) is 6.54 Å². The van der Waals surface area contributed by atoms with Crippen LogP contribution >= 0.6 is 0 Å². The first-order valence-electron chi connectivity index (χ1n) is 10.0. The lowest BCUT2D eigenvalue weighted by atomic mass is 10.1. The minimum Gasteiger partial charge on any atom is -0.497 e. The summed E-state index contributed by atoms with van der Waals surface area (Å²) in [6.07, 6.45) is 4.76. The molecule has 1 atom stereocenters. The predicted octanol–water partition coefficient (Wildman–Crippen LogP) is 5.17. The van der Waals surface area contributed by atoms with Gasteiger partial charge in [-0.1, -0.05) is 24.1 Å². The van der Waals surface area contributed by atoms with Crippen LogP contribution in [0.5, 0.6) is 5.75 Å². The molecule has 5 heteroatoms. The highest BCUT2D eigenvalue weighted by molar-refractivity contribution is 5.60. The van der Waals surface area contributed by atoms with Gasteiger partial charge in [-0.25, -0.2) is 0 Å². The Balaban J connectivity index is 1.56. The molecule has 2 aromatic heterocycles. The van der Waals surface area contributed by atoms with E-state index in [4.69, 9.17) is 14.2 Å². The van der Waals surface area contributed by atoms with E-state index in [1.807, 2.05) is 37.3 Å². The molecule has 28 heavy (non-hydrogen) atoms. The Morgan fingerprint density at radius 1 is 1.11 bits per heavy atom. The number of benzene rings is 1. The molecule has 1 aliphatic heterocycles. The number of aromatic nitrogens is 2. The second-order valence-corrected chi connectivity index (χ2v) is 7.45. The molecule has 1 aromatic carbocycles. The van der Waals surface area contributed by atoms with Crippen LogP contribution in [0.1, 0.15) is 48.9 Å². The third-order valence-electron chi connectivity index (χ3n) is 5.42. The summed E-state index contributed by atoms with van der Waals surface area (Å²) in [7, 11) is 1.67. The smallest absolute Gasteiger partial charge is 0.154 e. The van der Waals surface area contributed by atoms with Crippen molar-refractivity contribution in [3.63, 3.8) is 0 Å². The van der Waals surface area contributed by atoms with E-state index in [0.29, 0.717) is 0 Å². The van der Waals surface area contributed by atoms with Gasteiger partial charge < -0.3 is 9.26 Å². The molecule has 1 saturated heterocycles. The molecule has 5 nitrogen and oxygen atoms in total. The number of hydrogen-bond acceptors (Lipinski definition) is 5. The van der Waals surface area contributed by atoms with E-state index < -0.39 is 0 Å². The van der Waals surface area contributed by atoms with Crippen LogP contribution in [0.2, 0.25) is 0 Å². The summed E-state index contributed by atoms with van der Waals surface area (Å²) in [6, 6.07) is 16.5. The fourth-order valence-corrected chi connectivity index (χ4v) is 3.92. The van der Waals surface area contributed by atoms with Crippen molar-refractivity contribution in [3.8, 4) is 17.0 Å². The molecule has 0 amide bonds. The monoisotopic (exact) mass is 377 g/mol. The third kappa shape index (κ3) is 4.25. The summed E-state index contributed by atoms with van der Waals surface area (Å²) in [5.74, 6) is 1.79. The molecule has 0 radical (unpaired) electrons. The number of nitrogens with zero attached hydrogens (tertiary/aromatic N) is 3. The first-order valence-corrected chi connectivity index (χ1v) is 10.0. The fraction of sp³-hybridized carbons (Fsp3) is 0.391. The molecule has 0 N–H and O–H groups in total. The van der Waals surface area contributed by atoms with Crippen LogP contribution in [0.15, 0.2) is 53.1 Å². The van der Waals surface area contributed by atoms with Gasteiger partial charge in [-0.05, 0) is 62.7 Å².